The van der Waals surface area contributed by atoms with Crippen molar-refractivity contribution >= 4 is 11.9 Å². The molecule has 0 spiro atoms. The van der Waals surface area contributed by atoms with Crippen LogP contribution in [0.1, 0.15) is 33.1 Å². The third kappa shape index (κ3) is 4.73. The minimum absolute atomic E-state index is 0.0930. The Labute approximate surface area is 102 Å². The predicted octanol–water partition coefficient (Wildman–Crippen LogP) is 0.601. The Kier molecular flexibility index (Phi) is 5.41. The first-order valence-corrected chi connectivity index (χ1v) is 6.23. The van der Waals surface area contributed by atoms with Crippen molar-refractivity contribution in [3.8, 4) is 0 Å². The standard InChI is InChI=1S/C12H22N2O3/c1-8(2)11(12(16)17)14-10(15)4-3-9-5-6-13-7-9/h8-9,11,13H,3-7H2,1-2H3,(H,14,15)(H,16,17)/t9?,11-/m0/s1. The van der Waals surface area contributed by atoms with Crippen LogP contribution in [0.25, 0.3) is 0 Å². The molecule has 1 aliphatic heterocycles. The topological polar surface area (TPSA) is 78.4 Å². The van der Waals surface area contributed by atoms with Gasteiger partial charge in [0.15, 0.2) is 0 Å². The Balaban J connectivity index is 2.29. The highest BCUT2D eigenvalue weighted by Crippen LogP contribution is 2.14. The summed E-state index contributed by atoms with van der Waals surface area (Å²) >= 11 is 0. The average Bonchev–Trinajstić information content (AvgIpc) is 2.74. The molecule has 17 heavy (non-hydrogen) atoms. The van der Waals surface area contributed by atoms with Crippen LogP contribution < -0.4 is 10.6 Å². The van der Waals surface area contributed by atoms with Crippen LogP contribution in [0.3, 0.4) is 0 Å². The molecule has 5 nitrogen and oxygen atoms in total. The first-order chi connectivity index (χ1) is 8.00. The van der Waals surface area contributed by atoms with E-state index in [9.17, 15) is 9.59 Å². The molecule has 98 valence electrons. The van der Waals surface area contributed by atoms with E-state index >= 15 is 0 Å². The second kappa shape index (κ2) is 6.59. The molecular formula is C12H22N2O3. The monoisotopic (exact) mass is 242 g/mol. The number of hydrogen-bond donors (Lipinski definition) is 3. The van der Waals surface area contributed by atoms with Crippen molar-refractivity contribution in [3.05, 3.63) is 0 Å². The first kappa shape index (κ1) is 14.0. The molecule has 0 aromatic carbocycles. The van der Waals surface area contributed by atoms with E-state index in [0.717, 1.165) is 25.9 Å². The molecule has 1 rings (SSSR count). The Morgan fingerprint density at radius 3 is 2.65 bits per heavy atom. The zero-order chi connectivity index (χ0) is 12.8. The van der Waals surface area contributed by atoms with Crippen molar-refractivity contribution in [2.75, 3.05) is 13.1 Å². The molecule has 0 aromatic heterocycles. The molecule has 0 aliphatic carbocycles. The molecule has 1 heterocycles. The molecule has 3 N–H and O–H groups in total. The Morgan fingerprint density at radius 2 is 2.18 bits per heavy atom. The Morgan fingerprint density at radius 1 is 1.47 bits per heavy atom. The lowest BCUT2D eigenvalue weighted by Crippen LogP contribution is -2.44. The lowest BCUT2D eigenvalue weighted by Gasteiger charge is -2.18. The van der Waals surface area contributed by atoms with E-state index in [2.05, 4.69) is 10.6 Å². The maximum atomic E-state index is 11.6. The van der Waals surface area contributed by atoms with E-state index in [1.165, 1.54) is 0 Å². The second-order valence-corrected chi connectivity index (χ2v) is 5.02. The summed E-state index contributed by atoms with van der Waals surface area (Å²) in [6.45, 7) is 5.58. The number of aliphatic carboxylic acids is 1. The summed E-state index contributed by atoms with van der Waals surface area (Å²) in [5.41, 5.74) is 0. The van der Waals surface area contributed by atoms with Gasteiger partial charge in [-0.1, -0.05) is 13.8 Å². The number of carbonyl (C=O) groups excluding carboxylic acids is 1. The van der Waals surface area contributed by atoms with Gasteiger partial charge in [0.05, 0.1) is 0 Å². The van der Waals surface area contributed by atoms with Gasteiger partial charge in [-0.3, -0.25) is 4.79 Å². The van der Waals surface area contributed by atoms with Crippen LogP contribution in [-0.2, 0) is 9.59 Å². The van der Waals surface area contributed by atoms with Gasteiger partial charge in [0.2, 0.25) is 5.91 Å². The maximum Gasteiger partial charge on any atom is 0.326 e. The molecule has 2 atom stereocenters. The highest BCUT2D eigenvalue weighted by atomic mass is 16.4. The van der Waals surface area contributed by atoms with Crippen LogP contribution in [-0.4, -0.2) is 36.1 Å². The number of rotatable bonds is 6. The van der Waals surface area contributed by atoms with Crippen LogP contribution >= 0.6 is 0 Å². The molecule has 1 aliphatic rings. The molecule has 1 unspecified atom stereocenters. The molecule has 0 aromatic rings. The highest BCUT2D eigenvalue weighted by molar-refractivity contribution is 5.83. The molecule has 0 radical (unpaired) electrons. The van der Waals surface area contributed by atoms with E-state index in [-0.39, 0.29) is 11.8 Å². The van der Waals surface area contributed by atoms with E-state index in [0.29, 0.717) is 12.3 Å². The maximum absolute atomic E-state index is 11.6. The van der Waals surface area contributed by atoms with Crippen LogP contribution in [0.4, 0.5) is 0 Å². The lowest BCUT2D eigenvalue weighted by atomic mass is 10.0. The fourth-order valence-corrected chi connectivity index (χ4v) is 2.06. The summed E-state index contributed by atoms with van der Waals surface area (Å²) in [6, 6.07) is -0.774. The first-order valence-electron chi connectivity index (χ1n) is 6.23. The Hall–Kier alpha value is -1.10. The van der Waals surface area contributed by atoms with Crippen molar-refractivity contribution in [1.82, 2.24) is 10.6 Å². The summed E-state index contributed by atoms with van der Waals surface area (Å²) in [5.74, 6) is -0.651. The molecule has 1 saturated heterocycles. The fourth-order valence-electron chi connectivity index (χ4n) is 2.06. The summed E-state index contributed by atoms with van der Waals surface area (Å²) < 4.78 is 0. The third-order valence-corrected chi connectivity index (χ3v) is 3.19. The molecular weight excluding hydrogens is 220 g/mol. The predicted molar refractivity (Wildman–Crippen MR) is 64.6 cm³/mol. The number of nitrogens with one attached hydrogen (secondary N) is 2. The number of carboxylic acid groups (broad SMARTS) is 1. The van der Waals surface area contributed by atoms with Crippen molar-refractivity contribution in [2.45, 2.75) is 39.2 Å². The van der Waals surface area contributed by atoms with Gasteiger partial charge in [-0.15, -0.1) is 0 Å². The fraction of sp³-hybridized carbons (Fsp3) is 0.833. The van der Waals surface area contributed by atoms with Gasteiger partial charge in [-0.2, -0.15) is 0 Å². The smallest absolute Gasteiger partial charge is 0.326 e. The average molecular weight is 242 g/mol. The zero-order valence-electron chi connectivity index (χ0n) is 10.5. The van der Waals surface area contributed by atoms with E-state index < -0.39 is 12.0 Å². The van der Waals surface area contributed by atoms with Gasteiger partial charge in [-0.25, -0.2) is 4.79 Å². The molecule has 0 bridgehead atoms. The van der Waals surface area contributed by atoms with Gasteiger partial charge in [0.1, 0.15) is 6.04 Å². The number of carbonyl (C=O) groups is 2. The van der Waals surface area contributed by atoms with Gasteiger partial charge in [-0.05, 0) is 37.8 Å². The van der Waals surface area contributed by atoms with Gasteiger partial charge in [0.25, 0.3) is 0 Å². The Bertz CT molecular complexity index is 273. The van der Waals surface area contributed by atoms with Gasteiger partial charge >= 0.3 is 5.97 Å². The largest absolute Gasteiger partial charge is 0.480 e. The molecule has 1 fully saturated rings. The number of hydrogen-bond acceptors (Lipinski definition) is 3. The molecule has 0 saturated carbocycles. The molecule has 5 heteroatoms. The van der Waals surface area contributed by atoms with Gasteiger partial charge in [0, 0.05) is 6.42 Å². The summed E-state index contributed by atoms with van der Waals surface area (Å²) in [6.07, 6.45) is 2.37. The van der Waals surface area contributed by atoms with Crippen LogP contribution in [0.2, 0.25) is 0 Å². The third-order valence-electron chi connectivity index (χ3n) is 3.19. The number of amides is 1. The SMILES string of the molecule is CC(C)[C@H](NC(=O)CCC1CCNC1)C(=O)O. The minimum atomic E-state index is -0.962. The van der Waals surface area contributed by atoms with Crippen molar-refractivity contribution in [1.29, 1.82) is 0 Å². The number of carboxylic acids is 1. The van der Waals surface area contributed by atoms with Crippen LogP contribution in [0.5, 0.6) is 0 Å². The lowest BCUT2D eigenvalue weighted by molar-refractivity contribution is -0.143. The van der Waals surface area contributed by atoms with Gasteiger partial charge < -0.3 is 15.7 Å². The van der Waals surface area contributed by atoms with E-state index in [1.807, 2.05) is 0 Å². The zero-order valence-corrected chi connectivity index (χ0v) is 10.5. The van der Waals surface area contributed by atoms with Crippen molar-refractivity contribution in [3.63, 3.8) is 0 Å². The molecule has 1 amide bonds. The second-order valence-electron chi connectivity index (χ2n) is 5.02. The van der Waals surface area contributed by atoms with E-state index in [4.69, 9.17) is 5.11 Å². The normalized spacial score (nSPS) is 21.5. The van der Waals surface area contributed by atoms with Crippen LogP contribution in [0, 0.1) is 11.8 Å². The van der Waals surface area contributed by atoms with Crippen LogP contribution in [0.15, 0.2) is 0 Å². The quantitative estimate of drug-likeness (QED) is 0.637. The summed E-state index contributed by atoms with van der Waals surface area (Å²) in [4.78, 5) is 22.5. The minimum Gasteiger partial charge on any atom is -0.480 e. The summed E-state index contributed by atoms with van der Waals surface area (Å²) in [5, 5.41) is 14.8. The highest BCUT2D eigenvalue weighted by Gasteiger charge is 2.24. The van der Waals surface area contributed by atoms with Crippen molar-refractivity contribution < 1.29 is 14.7 Å². The summed E-state index contributed by atoms with van der Waals surface area (Å²) in [7, 11) is 0. The van der Waals surface area contributed by atoms with E-state index in [1.54, 1.807) is 13.8 Å². The van der Waals surface area contributed by atoms with Crippen molar-refractivity contribution in [2.24, 2.45) is 11.8 Å².